The van der Waals surface area contributed by atoms with Gasteiger partial charge in [-0.3, -0.25) is 4.79 Å². The van der Waals surface area contributed by atoms with Crippen LogP contribution in [-0.2, 0) is 24.2 Å². The number of fused-ring (bicyclic) bond motifs is 1. The number of aryl methyl sites for hydroxylation is 1. The fourth-order valence-corrected chi connectivity index (χ4v) is 3.15. The first kappa shape index (κ1) is 17.3. The maximum absolute atomic E-state index is 12.3. The van der Waals surface area contributed by atoms with E-state index < -0.39 is 0 Å². The van der Waals surface area contributed by atoms with Gasteiger partial charge in [0.15, 0.2) is 0 Å². The predicted molar refractivity (Wildman–Crippen MR) is 98.1 cm³/mol. The van der Waals surface area contributed by atoms with E-state index in [2.05, 4.69) is 12.2 Å². The maximum atomic E-state index is 12.3. The Morgan fingerprint density at radius 1 is 1.28 bits per heavy atom. The summed E-state index contributed by atoms with van der Waals surface area (Å²) in [6, 6.07) is 12.0. The Morgan fingerprint density at radius 2 is 2.08 bits per heavy atom. The van der Waals surface area contributed by atoms with E-state index in [1.807, 2.05) is 50.2 Å². The van der Waals surface area contributed by atoms with Crippen molar-refractivity contribution in [2.24, 2.45) is 0 Å². The van der Waals surface area contributed by atoms with Gasteiger partial charge >= 0.3 is 0 Å². The van der Waals surface area contributed by atoms with Crippen molar-refractivity contribution in [3.63, 3.8) is 0 Å². The van der Waals surface area contributed by atoms with Gasteiger partial charge in [0, 0.05) is 24.1 Å². The van der Waals surface area contributed by atoms with Gasteiger partial charge in [0.1, 0.15) is 17.6 Å². The zero-order valence-corrected chi connectivity index (χ0v) is 15.1. The summed E-state index contributed by atoms with van der Waals surface area (Å²) < 4.78 is 11.6. The van der Waals surface area contributed by atoms with Crippen LogP contribution >= 0.6 is 0 Å². The van der Waals surface area contributed by atoms with Crippen LogP contribution in [0.1, 0.15) is 36.1 Å². The number of amides is 1. The number of carbonyl (C=O) groups is 1. The van der Waals surface area contributed by atoms with Crippen LogP contribution in [0.15, 0.2) is 36.4 Å². The molecule has 1 aliphatic heterocycles. The molecule has 3 rings (SSSR count). The molecular weight excluding hydrogens is 314 g/mol. The van der Waals surface area contributed by atoms with Gasteiger partial charge in [0.2, 0.25) is 5.91 Å². The van der Waals surface area contributed by atoms with E-state index in [0.717, 1.165) is 34.6 Å². The molecule has 0 saturated carbocycles. The van der Waals surface area contributed by atoms with Crippen LogP contribution < -0.4 is 14.8 Å². The normalized spacial score (nSPS) is 15.4. The highest BCUT2D eigenvalue weighted by atomic mass is 16.5. The summed E-state index contributed by atoms with van der Waals surface area (Å²) in [7, 11) is 0. The molecule has 0 bridgehead atoms. The molecule has 1 aliphatic rings. The fourth-order valence-electron chi connectivity index (χ4n) is 3.15. The van der Waals surface area contributed by atoms with Gasteiger partial charge in [-0.25, -0.2) is 0 Å². The average molecular weight is 339 g/mol. The summed E-state index contributed by atoms with van der Waals surface area (Å²) in [4.78, 5) is 12.3. The van der Waals surface area contributed by atoms with E-state index in [1.165, 1.54) is 5.56 Å². The minimum absolute atomic E-state index is 0.00605. The third kappa shape index (κ3) is 4.13. The van der Waals surface area contributed by atoms with Crippen molar-refractivity contribution in [3.8, 4) is 11.5 Å². The molecule has 0 aliphatic carbocycles. The monoisotopic (exact) mass is 339 g/mol. The standard InChI is InChI=1S/C21H25NO3/c1-4-24-19-10-17-9-15(3)25-20(17)11-18(19)13-22-21(23)12-16-8-6-5-7-14(16)2/h5-8,10-11,15H,4,9,12-13H2,1-3H3,(H,22,23)/t15-/m0/s1. The van der Waals surface area contributed by atoms with Crippen LogP contribution in [0, 0.1) is 6.92 Å². The average Bonchev–Trinajstić information content (AvgIpc) is 2.94. The lowest BCUT2D eigenvalue weighted by molar-refractivity contribution is -0.120. The quantitative estimate of drug-likeness (QED) is 0.875. The maximum Gasteiger partial charge on any atom is 0.224 e. The number of ether oxygens (including phenoxy) is 2. The highest BCUT2D eigenvalue weighted by Crippen LogP contribution is 2.35. The molecule has 0 fully saturated rings. The van der Waals surface area contributed by atoms with E-state index in [1.54, 1.807) is 0 Å². The Bertz CT molecular complexity index is 770. The fraction of sp³-hybridized carbons (Fsp3) is 0.381. The molecule has 1 amide bonds. The SMILES string of the molecule is CCOc1cc2c(cc1CNC(=O)Cc1ccccc1C)O[C@@H](C)C2. The van der Waals surface area contributed by atoms with Gasteiger partial charge in [-0.05, 0) is 44.0 Å². The topological polar surface area (TPSA) is 47.6 Å². The van der Waals surface area contributed by atoms with Crippen LogP contribution in [0.4, 0.5) is 0 Å². The summed E-state index contributed by atoms with van der Waals surface area (Å²) in [5, 5.41) is 3.00. The Kier molecular flexibility index (Phi) is 5.27. The van der Waals surface area contributed by atoms with E-state index in [-0.39, 0.29) is 12.0 Å². The summed E-state index contributed by atoms with van der Waals surface area (Å²) in [5.74, 6) is 1.74. The molecule has 0 aromatic heterocycles. The molecular formula is C21H25NO3. The van der Waals surface area contributed by atoms with Crippen LogP contribution in [-0.4, -0.2) is 18.6 Å². The molecule has 1 atom stereocenters. The lowest BCUT2D eigenvalue weighted by Crippen LogP contribution is -2.25. The number of hydrogen-bond acceptors (Lipinski definition) is 3. The number of nitrogens with one attached hydrogen (secondary N) is 1. The highest BCUT2D eigenvalue weighted by molar-refractivity contribution is 5.79. The van der Waals surface area contributed by atoms with Crippen molar-refractivity contribution >= 4 is 5.91 Å². The Hall–Kier alpha value is -2.49. The zero-order chi connectivity index (χ0) is 17.8. The lowest BCUT2D eigenvalue weighted by atomic mass is 10.0. The van der Waals surface area contributed by atoms with Crippen molar-refractivity contribution in [1.29, 1.82) is 0 Å². The van der Waals surface area contributed by atoms with Gasteiger partial charge in [-0.1, -0.05) is 24.3 Å². The molecule has 1 heterocycles. The number of carbonyl (C=O) groups excluding carboxylic acids is 1. The van der Waals surface area contributed by atoms with Crippen LogP contribution in [0.25, 0.3) is 0 Å². The summed E-state index contributed by atoms with van der Waals surface area (Å²) in [6.07, 6.45) is 1.47. The smallest absolute Gasteiger partial charge is 0.224 e. The third-order valence-electron chi connectivity index (χ3n) is 4.47. The van der Waals surface area contributed by atoms with E-state index in [0.29, 0.717) is 19.6 Å². The first-order valence-corrected chi connectivity index (χ1v) is 8.83. The second-order valence-electron chi connectivity index (χ2n) is 6.51. The van der Waals surface area contributed by atoms with E-state index in [4.69, 9.17) is 9.47 Å². The second-order valence-corrected chi connectivity index (χ2v) is 6.51. The van der Waals surface area contributed by atoms with E-state index >= 15 is 0 Å². The molecule has 0 spiro atoms. The molecule has 2 aromatic rings. The van der Waals surface area contributed by atoms with E-state index in [9.17, 15) is 4.79 Å². The minimum atomic E-state index is 0.00605. The van der Waals surface area contributed by atoms with Gasteiger partial charge < -0.3 is 14.8 Å². The van der Waals surface area contributed by atoms with Crippen molar-refractivity contribution in [1.82, 2.24) is 5.32 Å². The summed E-state index contributed by atoms with van der Waals surface area (Å²) in [6.45, 7) is 7.08. The van der Waals surface area contributed by atoms with Gasteiger partial charge in [0.05, 0.1) is 13.0 Å². The van der Waals surface area contributed by atoms with Crippen LogP contribution in [0.2, 0.25) is 0 Å². The van der Waals surface area contributed by atoms with Crippen molar-refractivity contribution in [2.45, 2.75) is 46.3 Å². The van der Waals surface area contributed by atoms with Gasteiger partial charge in [-0.15, -0.1) is 0 Å². The minimum Gasteiger partial charge on any atom is -0.494 e. The molecule has 4 nitrogen and oxygen atoms in total. The number of benzene rings is 2. The zero-order valence-electron chi connectivity index (χ0n) is 15.1. The molecule has 132 valence electrons. The molecule has 25 heavy (non-hydrogen) atoms. The van der Waals surface area contributed by atoms with Crippen molar-refractivity contribution < 1.29 is 14.3 Å². The lowest BCUT2D eigenvalue weighted by Gasteiger charge is -2.13. The van der Waals surface area contributed by atoms with Gasteiger partial charge in [-0.2, -0.15) is 0 Å². The Morgan fingerprint density at radius 3 is 2.84 bits per heavy atom. The largest absolute Gasteiger partial charge is 0.494 e. The van der Waals surface area contributed by atoms with Crippen LogP contribution in [0.3, 0.4) is 0 Å². The Balaban J connectivity index is 1.69. The Labute approximate surface area is 149 Å². The molecule has 2 aromatic carbocycles. The molecule has 0 unspecified atom stereocenters. The molecule has 0 saturated heterocycles. The van der Waals surface area contributed by atoms with Gasteiger partial charge in [0.25, 0.3) is 0 Å². The number of hydrogen-bond donors (Lipinski definition) is 1. The predicted octanol–water partition coefficient (Wildman–Crippen LogP) is 3.58. The van der Waals surface area contributed by atoms with Crippen molar-refractivity contribution in [2.75, 3.05) is 6.61 Å². The second kappa shape index (κ2) is 7.60. The third-order valence-corrected chi connectivity index (χ3v) is 4.47. The van der Waals surface area contributed by atoms with Crippen molar-refractivity contribution in [3.05, 3.63) is 58.7 Å². The molecule has 1 N–H and O–H groups in total. The molecule has 0 radical (unpaired) electrons. The summed E-state index contributed by atoms with van der Waals surface area (Å²) >= 11 is 0. The number of rotatable bonds is 6. The first-order valence-electron chi connectivity index (χ1n) is 8.83. The first-order chi connectivity index (χ1) is 12.1. The summed E-state index contributed by atoms with van der Waals surface area (Å²) in [5.41, 5.74) is 4.31. The molecule has 4 heteroatoms. The van der Waals surface area contributed by atoms with Crippen LogP contribution in [0.5, 0.6) is 11.5 Å². The highest BCUT2D eigenvalue weighted by Gasteiger charge is 2.22.